The van der Waals surface area contributed by atoms with Crippen molar-refractivity contribution in [2.24, 2.45) is 0 Å². The maximum atomic E-state index is 12.4. The van der Waals surface area contributed by atoms with Gasteiger partial charge < -0.3 is 25.2 Å². The summed E-state index contributed by atoms with van der Waals surface area (Å²) in [5.41, 5.74) is 4.16. The van der Waals surface area contributed by atoms with Crippen LogP contribution in [0.5, 0.6) is 0 Å². The Labute approximate surface area is 223 Å². The topological polar surface area (TPSA) is 116 Å². The van der Waals surface area contributed by atoms with E-state index in [4.69, 9.17) is 4.98 Å². The van der Waals surface area contributed by atoms with Crippen LogP contribution in [0.15, 0.2) is 67.0 Å². The van der Waals surface area contributed by atoms with Crippen molar-refractivity contribution in [1.29, 1.82) is 0 Å². The number of nitrogens with one attached hydrogen (secondary N) is 2. The van der Waals surface area contributed by atoms with Crippen molar-refractivity contribution in [3.8, 4) is 0 Å². The molecule has 2 aromatic heterocycles. The lowest BCUT2D eigenvalue weighted by Crippen LogP contribution is -2.49. The molecule has 10 nitrogen and oxygen atoms in total. The summed E-state index contributed by atoms with van der Waals surface area (Å²) in [4.78, 5) is 11.6. The average molecular weight is 536 g/mol. The fourth-order valence-electron chi connectivity index (χ4n) is 4.84. The molecule has 1 unspecified atom stereocenters. The van der Waals surface area contributed by atoms with Gasteiger partial charge in [0, 0.05) is 54.8 Å². The number of sulfonamides is 1. The maximum absolute atomic E-state index is 12.4. The van der Waals surface area contributed by atoms with Crippen molar-refractivity contribution in [1.82, 2.24) is 19.9 Å². The number of aliphatic hydroxyl groups excluding tert-OH is 1. The standard InChI is InChI=1S/C27H33N7O3S/c1-20-18-32(14-12-28-20)24-9-7-23(8-10-24)30-27-29-17-21-11-13-33(26(21)31-27)19-22-5-3-4-6-25(22)34(15-16-35)38(2,36)37/h3-11,13,17,20,28,35H,12,14-16,18-19H2,1-2H3,(H,29,30,31). The molecule has 4 aromatic rings. The van der Waals surface area contributed by atoms with Gasteiger partial charge in [0.2, 0.25) is 16.0 Å². The van der Waals surface area contributed by atoms with Crippen LogP contribution in [0.3, 0.4) is 0 Å². The zero-order valence-corrected chi connectivity index (χ0v) is 22.4. The van der Waals surface area contributed by atoms with E-state index >= 15 is 0 Å². The molecule has 1 saturated heterocycles. The molecule has 11 heteroatoms. The number of aromatic nitrogens is 3. The van der Waals surface area contributed by atoms with Gasteiger partial charge in [0.05, 0.1) is 31.6 Å². The molecule has 0 amide bonds. The third-order valence-corrected chi connectivity index (χ3v) is 7.84. The van der Waals surface area contributed by atoms with Crippen LogP contribution in [0.1, 0.15) is 12.5 Å². The van der Waals surface area contributed by atoms with Gasteiger partial charge in [-0.3, -0.25) is 4.31 Å². The lowest BCUT2D eigenvalue weighted by molar-refractivity contribution is 0.306. The Balaban J connectivity index is 1.37. The number of benzene rings is 2. The van der Waals surface area contributed by atoms with Crippen molar-refractivity contribution in [2.75, 3.05) is 53.6 Å². The average Bonchev–Trinajstić information content (AvgIpc) is 3.29. The van der Waals surface area contributed by atoms with Gasteiger partial charge >= 0.3 is 0 Å². The molecule has 200 valence electrons. The number of hydrogen-bond acceptors (Lipinski definition) is 8. The van der Waals surface area contributed by atoms with Gasteiger partial charge in [-0.05, 0) is 48.9 Å². The molecule has 1 aliphatic rings. The molecule has 0 radical (unpaired) electrons. The summed E-state index contributed by atoms with van der Waals surface area (Å²) in [6.45, 7) is 5.27. The number of para-hydroxylation sites is 1. The monoisotopic (exact) mass is 535 g/mol. The highest BCUT2D eigenvalue weighted by molar-refractivity contribution is 7.92. The summed E-state index contributed by atoms with van der Waals surface area (Å²) in [6, 6.07) is 18.0. The molecular formula is C27H33N7O3S. The lowest BCUT2D eigenvalue weighted by atomic mass is 10.1. The fourth-order valence-corrected chi connectivity index (χ4v) is 5.79. The van der Waals surface area contributed by atoms with Crippen LogP contribution in [-0.4, -0.2) is 73.1 Å². The van der Waals surface area contributed by atoms with Crippen molar-refractivity contribution in [2.45, 2.75) is 19.5 Å². The minimum atomic E-state index is -3.56. The van der Waals surface area contributed by atoms with E-state index in [0.717, 1.165) is 48.2 Å². The summed E-state index contributed by atoms with van der Waals surface area (Å²) in [5, 5.41) is 17.1. The van der Waals surface area contributed by atoms with E-state index < -0.39 is 10.0 Å². The predicted molar refractivity (Wildman–Crippen MR) is 152 cm³/mol. The highest BCUT2D eigenvalue weighted by Gasteiger charge is 2.20. The van der Waals surface area contributed by atoms with Gasteiger partial charge in [0.25, 0.3) is 0 Å². The van der Waals surface area contributed by atoms with E-state index in [1.807, 2.05) is 41.1 Å². The largest absolute Gasteiger partial charge is 0.394 e. The SMILES string of the molecule is CC1CN(c2ccc(Nc3ncc4ccn(Cc5ccccc5N(CCO)S(C)(=O)=O)c4n3)cc2)CCN1. The maximum Gasteiger partial charge on any atom is 0.232 e. The normalized spacial score (nSPS) is 16.1. The minimum absolute atomic E-state index is 0.00895. The van der Waals surface area contributed by atoms with Crippen LogP contribution in [0, 0.1) is 0 Å². The second-order valence-electron chi connectivity index (χ2n) is 9.58. The summed E-state index contributed by atoms with van der Waals surface area (Å²) < 4.78 is 28.0. The number of hydrogen-bond donors (Lipinski definition) is 3. The second-order valence-corrected chi connectivity index (χ2v) is 11.5. The van der Waals surface area contributed by atoms with Crippen molar-refractivity contribution >= 4 is 44.1 Å². The van der Waals surface area contributed by atoms with Gasteiger partial charge in [-0.25, -0.2) is 13.4 Å². The molecule has 38 heavy (non-hydrogen) atoms. The lowest BCUT2D eigenvalue weighted by Gasteiger charge is -2.33. The van der Waals surface area contributed by atoms with Gasteiger partial charge in [0.15, 0.2) is 0 Å². The quantitative estimate of drug-likeness (QED) is 0.300. The summed E-state index contributed by atoms with van der Waals surface area (Å²) in [5.74, 6) is 0.479. The number of fused-ring (bicyclic) bond motifs is 1. The first-order valence-corrected chi connectivity index (χ1v) is 14.5. The molecule has 1 fully saturated rings. The molecule has 3 heterocycles. The first kappa shape index (κ1) is 26.0. The molecule has 2 aromatic carbocycles. The number of piperazine rings is 1. The first-order valence-electron chi connectivity index (χ1n) is 12.7. The molecule has 0 aliphatic carbocycles. The summed E-state index contributed by atoms with van der Waals surface area (Å²) in [6.07, 6.45) is 4.84. The van der Waals surface area contributed by atoms with Gasteiger partial charge in [-0.2, -0.15) is 4.98 Å². The highest BCUT2D eigenvalue weighted by atomic mass is 32.2. The smallest absolute Gasteiger partial charge is 0.232 e. The van der Waals surface area contributed by atoms with E-state index in [2.05, 4.69) is 39.6 Å². The Morgan fingerprint density at radius 3 is 2.68 bits per heavy atom. The Morgan fingerprint density at radius 2 is 1.95 bits per heavy atom. The Bertz CT molecular complexity index is 1500. The fraction of sp³-hybridized carbons (Fsp3) is 0.333. The number of nitrogens with zero attached hydrogens (tertiary/aromatic N) is 5. The zero-order valence-electron chi connectivity index (χ0n) is 21.6. The molecule has 1 aliphatic heterocycles. The summed E-state index contributed by atoms with van der Waals surface area (Å²) in [7, 11) is -3.56. The van der Waals surface area contributed by atoms with Crippen LogP contribution in [0.25, 0.3) is 11.0 Å². The van der Waals surface area contributed by atoms with Gasteiger partial charge in [-0.15, -0.1) is 0 Å². The molecular weight excluding hydrogens is 502 g/mol. The molecule has 0 spiro atoms. The predicted octanol–water partition coefficient (Wildman–Crippen LogP) is 2.78. The van der Waals surface area contributed by atoms with E-state index in [-0.39, 0.29) is 13.2 Å². The van der Waals surface area contributed by atoms with Crippen LogP contribution in [0.4, 0.5) is 23.0 Å². The van der Waals surface area contributed by atoms with E-state index in [0.29, 0.717) is 24.2 Å². The third-order valence-electron chi connectivity index (χ3n) is 6.66. The Morgan fingerprint density at radius 1 is 1.16 bits per heavy atom. The number of anilines is 4. The van der Waals surface area contributed by atoms with Crippen LogP contribution in [0.2, 0.25) is 0 Å². The molecule has 0 saturated carbocycles. The highest BCUT2D eigenvalue weighted by Crippen LogP contribution is 2.26. The van der Waals surface area contributed by atoms with E-state index in [9.17, 15) is 13.5 Å². The molecule has 3 N–H and O–H groups in total. The number of rotatable bonds is 9. The summed E-state index contributed by atoms with van der Waals surface area (Å²) >= 11 is 0. The first-order chi connectivity index (χ1) is 18.3. The van der Waals surface area contributed by atoms with Crippen molar-refractivity contribution in [3.63, 3.8) is 0 Å². The Hall–Kier alpha value is -3.67. The van der Waals surface area contributed by atoms with Crippen molar-refractivity contribution < 1.29 is 13.5 Å². The zero-order chi connectivity index (χ0) is 26.7. The van der Waals surface area contributed by atoms with E-state index in [1.165, 1.54) is 9.99 Å². The van der Waals surface area contributed by atoms with Gasteiger partial charge in [-0.1, -0.05) is 18.2 Å². The Kier molecular flexibility index (Phi) is 7.50. The van der Waals surface area contributed by atoms with Crippen LogP contribution >= 0.6 is 0 Å². The van der Waals surface area contributed by atoms with Crippen LogP contribution < -0.4 is 19.8 Å². The molecule has 0 bridgehead atoms. The third kappa shape index (κ3) is 5.74. The minimum Gasteiger partial charge on any atom is -0.394 e. The van der Waals surface area contributed by atoms with Gasteiger partial charge in [0.1, 0.15) is 5.65 Å². The molecule has 1 atom stereocenters. The number of aliphatic hydroxyl groups is 1. The van der Waals surface area contributed by atoms with Crippen LogP contribution in [-0.2, 0) is 16.6 Å². The molecule has 5 rings (SSSR count). The second kappa shape index (κ2) is 11.0. The van der Waals surface area contributed by atoms with E-state index in [1.54, 1.807) is 18.3 Å². The van der Waals surface area contributed by atoms with Crippen molar-refractivity contribution in [3.05, 3.63) is 72.6 Å².